The zero-order valence-corrected chi connectivity index (χ0v) is 15.5. The van der Waals surface area contributed by atoms with Crippen LogP contribution in [0.2, 0.25) is 0 Å². The number of nitrogens with one attached hydrogen (secondary N) is 1. The predicted octanol–water partition coefficient (Wildman–Crippen LogP) is 3.82. The van der Waals surface area contributed by atoms with Gasteiger partial charge in [0, 0.05) is 18.1 Å². The Balaban J connectivity index is 1.54. The van der Waals surface area contributed by atoms with Gasteiger partial charge in [-0.2, -0.15) is 0 Å². The van der Waals surface area contributed by atoms with Gasteiger partial charge in [0.25, 0.3) is 5.56 Å². The average molecular weight is 375 g/mol. The molecule has 0 atom stereocenters. The Morgan fingerprint density at radius 1 is 1.00 bits per heavy atom. The van der Waals surface area contributed by atoms with E-state index in [1.807, 2.05) is 54.6 Å². The van der Waals surface area contributed by atoms with Crippen molar-refractivity contribution in [1.29, 1.82) is 0 Å². The number of carbonyl (C=O) groups is 1. The summed E-state index contributed by atoms with van der Waals surface area (Å²) in [6.07, 6.45) is 0. The molecule has 1 aromatic heterocycles. The quantitative estimate of drug-likeness (QED) is 0.435. The van der Waals surface area contributed by atoms with Crippen LogP contribution < -0.4 is 10.9 Å². The van der Waals surface area contributed by atoms with E-state index in [4.69, 9.17) is 0 Å². The van der Waals surface area contributed by atoms with Gasteiger partial charge in [0.2, 0.25) is 5.91 Å². The molecule has 0 aliphatic carbocycles. The highest BCUT2D eigenvalue weighted by Crippen LogP contribution is 2.23. The zero-order chi connectivity index (χ0) is 18.8. The number of anilines is 1. The lowest BCUT2D eigenvalue weighted by Gasteiger charge is -2.10. The second-order valence-corrected chi connectivity index (χ2v) is 7.08. The first-order chi connectivity index (χ1) is 13.1. The number of benzene rings is 3. The Labute approximate surface area is 160 Å². The summed E-state index contributed by atoms with van der Waals surface area (Å²) in [4.78, 5) is 29.4. The van der Waals surface area contributed by atoms with Crippen molar-refractivity contribution in [2.24, 2.45) is 7.05 Å². The number of nitrogens with zero attached hydrogens (tertiary/aromatic N) is 2. The van der Waals surface area contributed by atoms with Gasteiger partial charge in [0.15, 0.2) is 5.16 Å². The average Bonchev–Trinajstić information content (AvgIpc) is 2.70. The molecule has 4 rings (SSSR count). The van der Waals surface area contributed by atoms with Crippen molar-refractivity contribution < 1.29 is 4.79 Å². The Kier molecular flexibility index (Phi) is 4.64. The van der Waals surface area contributed by atoms with Crippen LogP contribution in [0.4, 0.5) is 5.69 Å². The molecule has 0 aliphatic rings. The van der Waals surface area contributed by atoms with Crippen molar-refractivity contribution in [1.82, 2.24) is 9.55 Å². The van der Waals surface area contributed by atoms with Crippen LogP contribution in [0.25, 0.3) is 21.7 Å². The topological polar surface area (TPSA) is 64.0 Å². The van der Waals surface area contributed by atoms with Crippen molar-refractivity contribution >= 4 is 45.0 Å². The van der Waals surface area contributed by atoms with E-state index in [-0.39, 0.29) is 17.2 Å². The maximum absolute atomic E-state index is 12.4. The summed E-state index contributed by atoms with van der Waals surface area (Å²) in [6, 6.07) is 20.9. The second-order valence-electron chi connectivity index (χ2n) is 6.14. The van der Waals surface area contributed by atoms with Gasteiger partial charge in [0.05, 0.1) is 16.7 Å². The van der Waals surface area contributed by atoms with E-state index in [0.29, 0.717) is 16.1 Å². The molecule has 5 nitrogen and oxygen atoms in total. The van der Waals surface area contributed by atoms with Gasteiger partial charge in [0.1, 0.15) is 0 Å². The molecule has 1 amide bonds. The summed E-state index contributed by atoms with van der Waals surface area (Å²) in [6.45, 7) is 0. The SMILES string of the molecule is Cn1c(SCC(=O)Nc2cccc3ccccc23)nc2ccccc2c1=O. The van der Waals surface area contributed by atoms with Gasteiger partial charge in [-0.05, 0) is 23.6 Å². The first-order valence-electron chi connectivity index (χ1n) is 8.49. The first-order valence-corrected chi connectivity index (χ1v) is 9.48. The molecule has 0 bridgehead atoms. The molecule has 0 saturated heterocycles. The first kappa shape index (κ1) is 17.3. The number of para-hydroxylation sites is 1. The van der Waals surface area contributed by atoms with E-state index < -0.39 is 0 Å². The lowest BCUT2D eigenvalue weighted by molar-refractivity contribution is -0.113. The summed E-state index contributed by atoms with van der Waals surface area (Å²) in [5, 5.41) is 6.11. The number of hydrogen-bond donors (Lipinski definition) is 1. The van der Waals surface area contributed by atoms with Crippen molar-refractivity contribution in [3.8, 4) is 0 Å². The lowest BCUT2D eigenvalue weighted by atomic mass is 10.1. The fourth-order valence-electron chi connectivity index (χ4n) is 2.98. The third-order valence-corrected chi connectivity index (χ3v) is 5.37. The highest BCUT2D eigenvalue weighted by atomic mass is 32.2. The minimum Gasteiger partial charge on any atom is -0.325 e. The molecule has 0 radical (unpaired) electrons. The van der Waals surface area contributed by atoms with Crippen LogP contribution in [-0.2, 0) is 11.8 Å². The predicted molar refractivity (Wildman–Crippen MR) is 110 cm³/mol. The third kappa shape index (κ3) is 3.44. The molecule has 1 N–H and O–H groups in total. The maximum atomic E-state index is 12.4. The van der Waals surface area contributed by atoms with Crippen LogP contribution in [0.5, 0.6) is 0 Å². The normalized spacial score (nSPS) is 11.0. The lowest BCUT2D eigenvalue weighted by Crippen LogP contribution is -2.21. The molecule has 3 aromatic carbocycles. The van der Waals surface area contributed by atoms with E-state index in [0.717, 1.165) is 16.5 Å². The van der Waals surface area contributed by atoms with Crippen molar-refractivity contribution in [3.63, 3.8) is 0 Å². The summed E-state index contributed by atoms with van der Waals surface area (Å²) >= 11 is 1.25. The molecular formula is C21H17N3O2S. The molecule has 4 aromatic rings. The number of fused-ring (bicyclic) bond motifs is 2. The Morgan fingerprint density at radius 2 is 1.70 bits per heavy atom. The molecule has 6 heteroatoms. The number of carbonyl (C=O) groups excluding carboxylic acids is 1. The number of aromatic nitrogens is 2. The van der Waals surface area contributed by atoms with Crippen LogP contribution in [0, 0.1) is 0 Å². The standard InChI is InChI=1S/C21H17N3O2S/c1-24-20(26)16-10-4-5-11-18(16)23-21(24)27-13-19(25)22-17-12-6-8-14-7-2-3-9-15(14)17/h2-12H,13H2,1H3,(H,22,25). The van der Waals surface area contributed by atoms with Gasteiger partial charge in [-0.1, -0.05) is 60.3 Å². The monoisotopic (exact) mass is 375 g/mol. The summed E-state index contributed by atoms with van der Waals surface area (Å²) in [5.41, 5.74) is 1.30. The number of amides is 1. The Hall–Kier alpha value is -3.12. The van der Waals surface area contributed by atoms with Crippen LogP contribution >= 0.6 is 11.8 Å². The number of rotatable bonds is 4. The van der Waals surface area contributed by atoms with Gasteiger partial charge in [-0.3, -0.25) is 14.2 Å². The molecule has 134 valence electrons. The fraction of sp³-hybridized carbons (Fsp3) is 0.0952. The number of thioether (sulfide) groups is 1. The highest BCUT2D eigenvalue weighted by molar-refractivity contribution is 7.99. The molecule has 0 saturated carbocycles. The number of hydrogen-bond acceptors (Lipinski definition) is 4. The molecule has 27 heavy (non-hydrogen) atoms. The van der Waals surface area contributed by atoms with Crippen LogP contribution in [0.15, 0.2) is 76.7 Å². The third-order valence-electron chi connectivity index (χ3n) is 4.34. The van der Waals surface area contributed by atoms with Gasteiger partial charge in [-0.25, -0.2) is 4.98 Å². The highest BCUT2D eigenvalue weighted by Gasteiger charge is 2.11. The zero-order valence-electron chi connectivity index (χ0n) is 14.7. The molecule has 0 fully saturated rings. The molecule has 1 heterocycles. The fourth-order valence-corrected chi connectivity index (χ4v) is 3.75. The van der Waals surface area contributed by atoms with Gasteiger partial charge >= 0.3 is 0 Å². The second kappa shape index (κ2) is 7.25. The summed E-state index contributed by atoms with van der Waals surface area (Å²) in [7, 11) is 1.67. The van der Waals surface area contributed by atoms with E-state index in [2.05, 4.69) is 10.3 Å². The summed E-state index contributed by atoms with van der Waals surface area (Å²) in [5.74, 6) is 0.0285. The molecular weight excluding hydrogens is 358 g/mol. The molecule has 0 spiro atoms. The van der Waals surface area contributed by atoms with Crippen LogP contribution in [0.1, 0.15) is 0 Å². The summed E-state index contributed by atoms with van der Waals surface area (Å²) < 4.78 is 1.48. The Bertz CT molecular complexity index is 1210. The minimum atomic E-state index is -0.140. The van der Waals surface area contributed by atoms with E-state index in [9.17, 15) is 9.59 Å². The Morgan fingerprint density at radius 3 is 2.56 bits per heavy atom. The molecule has 0 unspecified atom stereocenters. The van der Waals surface area contributed by atoms with Gasteiger partial charge < -0.3 is 5.32 Å². The smallest absolute Gasteiger partial charge is 0.261 e. The minimum absolute atomic E-state index is 0.113. The maximum Gasteiger partial charge on any atom is 0.261 e. The molecule has 0 aliphatic heterocycles. The van der Waals surface area contributed by atoms with Gasteiger partial charge in [-0.15, -0.1) is 0 Å². The van der Waals surface area contributed by atoms with Crippen molar-refractivity contribution in [3.05, 3.63) is 77.1 Å². The van der Waals surface area contributed by atoms with Crippen molar-refractivity contribution in [2.75, 3.05) is 11.1 Å². The largest absolute Gasteiger partial charge is 0.325 e. The van der Waals surface area contributed by atoms with Crippen LogP contribution in [-0.4, -0.2) is 21.2 Å². The van der Waals surface area contributed by atoms with Crippen LogP contribution in [0.3, 0.4) is 0 Å². The van der Waals surface area contributed by atoms with E-state index >= 15 is 0 Å². The van der Waals surface area contributed by atoms with E-state index in [1.54, 1.807) is 19.2 Å². The van der Waals surface area contributed by atoms with E-state index in [1.165, 1.54) is 16.3 Å². The van der Waals surface area contributed by atoms with Crippen molar-refractivity contribution in [2.45, 2.75) is 5.16 Å².